The van der Waals surface area contributed by atoms with E-state index in [1.54, 1.807) is 25.3 Å². The van der Waals surface area contributed by atoms with Gasteiger partial charge in [-0.25, -0.2) is 13.4 Å². The molecule has 6 nitrogen and oxygen atoms in total. The number of nitrogens with zero attached hydrogens (tertiary/aromatic N) is 1. The Bertz CT molecular complexity index is 1030. The van der Waals surface area contributed by atoms with Crippen molar-refractivity contribution >= 4 is 32.2 Å². The molecular weight excluding hydrogens is 384 g/mol. The fourth-order valence-corrected chi connectivity index (χ4v) is 4.40. The van der Waals surface area contributed by atoms with Gasteiger partial charge in [0.15, 0.2) is 15.0 Å². The van der Waals surface area contributed by atoms with Crippen molar-refractivity contribution in [3.05, 3.63) is 60.0 Å². The second-order valence-corrected chi connectivity index (χ2v) is 8.67. The molecule has 2 aromatic carbocycles. The number of anilines is 1. The van der Waals surface area contributed by atoms with Gasteiger partial charge in [-0.3, -0.25) is 4.79 Å². The Hall–Kier alpha value is -2.71. The van der Waals surface area contributed by atoms with Crippen LogP contribution >= 0.6 is 11.3 Å². The minimum atomic E-state index is -3.48. The van der Waals surface area contributed by atoms with Crippen LogP contribution in [0.4, 0.5) is 5.13 Å². The first-order chi connectivity index (χ1) is 13.0. The first kappa shape index (κ1) is 19.1. The summed E-state index contributed by atoms with van der Waals surface area (Å²) in [7, 11) is -1.89. The maximum absolute atomic E-state index is 12.2. The predicted molar refractivity (Wildman–Crippen MR) is 106 cm³/mol. The van der Waals surface area contributed by atoms with Crippen LogP contribution in [0, 0.1) is 0 Å². The number of carbonyl (C=O) groups excluding carboxylic acids is 1. The van der Waals surface area contributed by atoms with E-state index in [4.69, 9.17) is 4.74 Å². The van der Waals surface area contributed by atoms with Gasteiger partial charge < -0.3 is 10.1 Å². The molecule has 0 aliphatic rings. The summed E-state index contributed by atoms with van der Waals surface area (Å²) in [5.74, 6) is 0.0787. The minimum absolute atomic E-state index is 0.134. The summed E-state index contributed by atoms with van der Waals surface area (Å²) in [6, 6.07) is 15.6. The standard InChI is InChI=1S/C19H18N2O4S2/c1-25-15-7-5-6-14(12-15)17-13-26-19(20-17)21-18(22)10-11-27(23,24)16-8-3-2-4-9-16/h2-9,12-13H,10-11H2,1H3,(H,20,21,22). The fourth-order valence-electron chi connectivity index (χ4n) is 2.40. The van der Waals surface area contributed by atoms with Gasteiger partial charge in [0, 0.05) is 17.4 Å². The van der Waals surface area contributed by atoms with E-state index < -0.39 is 9.84 Å². The molecule has 3 aromatic rings. The average Bonchev–Trinajstić information content (AvgIpc) is 3.16. The van der Waals surface area contributed by atoms with Crippen molar-refractivity contribution in [3.63, 3.8) is 0 Å². The molecular formula is C19H18N2O4S2. The normalized spacial score (nSPS) is 11.1. The van der Waals surface area contributed by atoms with Crippen LogP contribution in [-0.4, -0.2) is 32.2 Å². The lowest BCUT2D eigenvalue weighted by Gasteiger charge is -2.04. The maximum Gasteiger partial charge on any atom is 0.227 e. The van der Waals surface area contributed by atoms with Crippen molar-refractivity contribution in [2.24, 2.45) is 0 Å². The van der Waals surface area contributed by atoms with E-state index in [0.29, 0.717) is 10.8 Å². The second-order valence-electron chi connectivity index (χ2n) is 5.70. The molecule has 140 valence electrons. The molecule has 1 N–H and O–H groups in total. The van der Waals surface area contributed by atoms with Crippen molar-refractivity contribution in [2.45, 2.75) is 11.3 Å². The molecule has 0 saturated carbocycles. The largest absolute Gasteiger partial charge is 0.497 e. The molecule has 27 heavy (non-hydrogen) atoms. The van der Waals surface area contributed by atoms with Crippen LogP contribution in [0.15, 0.2) is 64.9 Å². The van der Waals surface area contributed by atoms with Gasteiger partial charge in [0.25, 0.3) is 0 Å². The maximum atomic E-state index is 12.2. The number of sulfone groups is 1. The van der Waals surface area contributed by atoms with Crippen molar-refractivity contribution in [1.29, 1.82) is 0 Å². The Morgan fingerprint density at radius 2 is 1.93 bits per heavy atom. The molecule has 0 fully saturated rings. The molecule has 0 aliphatic carbocycles. The summed E-state index contributed by atoms with van der Waals surface area (Å²) in [5.41, 5.74) is 1.59. The molecule has 0 atom stereocenters. The molecule has 1 amide bonds. The van der Waals surface area contributed by atoms with Crippen molar-refractivity contribution in [2.75, 3.05) is 18.2 Å². The minimum Gasteiger partial charge on any atom is -0.497 e. The number of methoxy groups -OCH3 is 1. The van der Waals surface area contributed by atoms with E-state index in [9.17, 15) is 13.2 Å². The zero-order chi connectivity index (χ0) is 19.3. The molecule has 0 saturated heterocycles. The first-order valence-electron chi connectivity index (χ1n) is 8.15. The van der Waals surface area contributed by atoms with Crippen LogP contribution in [0.25, 0.3) is 11.3 Å². The number of nitrogens with one attached hydrogen (secondary N) is 1. The van der Waals surface area contributed by atoms with Gasteiger partial charge in [0.2, 0.25) is 5.91 Å². The van der Waals surface area contributed by atoms with Crippen molar-refractivity contribution in [1.82, 2.24) is 4.98 Å². The Labute approximate surface area is 161 Å². The zero-order valence-electron chi connectivity index (χ0n) is 14.6. The number of hydrogen-bond acceptors (Lipinski definition) is 6. The lowest BCUT2D eigenvalue weighted by Crippen LogP contribution is -2.17. The third kappa shape index (κ3) is 4.93. The molecule has 0 bridgehead atoms. The number of hydrogen-bond donors (Lipinski definition) is 1. The lowest BCUT2D eigenvalue weighted by atomic mass is 10.2. The highest BCUT2D eigenvalue weighted by molar-refractivity contribution is 7.91. The third-order valence-corrected chi connectivity index (χ3v) is 6.31. The van der Waals surface area contributed by atoms with Gasteiger partial charge in [-0.2, -0.15) is 0 Å². The van der Waals surface area contributed by atoms with Crippen LogP contribution in [-0.2, 0) is 14.6 Å². The van der Waals surface area contributed by atoms with Gasteiger partial charge in [-0.15, -0.1) is 11.3 Å². The highest BCUT2D eigenvalue weighted by Crippen LogP contribution is 2.27. The van der Waals surface area contributed by atoms with Crippen LogP contribution in [0.5, 0.6) is 5.75 Å². The topological polar surface area (TPSA) is 85.4 Å². The first-order valence-corrected chi connectivity index (χ1v) is 10.7. The predicted octanol–water partition coefficient (Wildman–Crippen LogP) is 3.62. The number of carbonyl (C=O) groups is 1. The molecule has 0 aliphatic heterocycles. The zero-order valence-corrected chi connectivity index (χ0v) is 16.2. The molecule has 0 spiro atoms. The third-order valence-electron chi connectivity index (χ3n) is 3.82. The van der Waals surface area contributed by atoms with E-state index in [-0.39, 0.29) is 23.0 Å². The summed E-state index contributed by atoms with van der Waals surface area (Å²) < 4.78 is 29.7. The average molecular weight is 402 g/mol. The van der Waals surface area contributed by atoms with Crippen LogP contribution in [0.2, 0.25) is 0 Å². The highest BCUT2D eigenvalue weighted by atomic mass is 32.2. The molecule has 3 rings (SSSR count). The lowest BCUT2D eigenvalue weighted by molar-refractivity contribution is -0.115. The summed E-state index contributed by atoms with van der Waals surface area (Å²) in [4.78, 5) is 16.7. The number of ether oxygens (including phenoxy) is 1. The summed E-state index contributed by atoms with van der Waals surface area (Å²) in [5, 5.41) is 4.91. The summed E-state index contributed by atoms with van der Waals surface area (Å²) in [6.45, 7) is 0. The van der Waals surface area contributed by atoms with E-state index in [0.717, 1.165) is 11.3 Å². The Morgan fingerprint density at radius 1 is 1.15 bits per heavy atom. The second kappa shape index (κ2) is 8.32. The highest BCUT2D eigenvalue weighted by Gasteiger charge is 2.17. The van der Waals surface area contributed by atoms with Gasteiger partial charge in [0.1, 0.15) is 5.75 Å². The van der Waals surface area contributed by atoms with Gasteiger partial charge in [-0.1, -0.05) is 30.3 Å². The molecule has 8 heteroatoms. The fraction of sp³-hybridized carbons (Fsp3) is 0.158. The smallest absolute Gasteiger partial charge is 0.227 e. The number of aromatic nitrogens is 1. The van der Waals surface area contributed by atoms with E-state index in [1.807, 2.05) is 29.6 Å². The van der Waals surface area contributed by atoms with Crippen molar-refractivity contribution in [3.8, 4) is 17.0 Å². The number of thiazole rings is 1. The van der Waals surface area contributed by atoms with E-state index in [2.05, 4.69) is 10.3 Å². The van der Waals surface area contributed by atoms with Gasteiger partial charge in [0.05, 0.1) is 23.5 Å². The van der Waals surface area contributed by atoms with Crippen LogP contribution in [0.3, 0.4) is 0 Å². The molecule has 0 unspecified atom stereocenters. The Kier molecular flexibility index (Phi) is 5.88. The molecule has 1 aromatic heterocycles. The Morgan fingerprint density at radius 3 is 2.67 bits per heavy atom. The Balaban J connectivity index is 1.61. The number of benzene rings is 2. The summed E-state index contributed by atoms with van der Waals surface area (Å²) in [6.07, 6.45) is -0.134. The van der Waals surface area contributed by atoms with Crippen molar-refractivity contribution < 1.29 is 17.9 Å². The van der Waals surface area contributed by atoms with Crippen LogP contribution < -0.4 is 10.1 Å². The number of rotatable bonds is 7. The molecule has 0 radical (unpaired) electrons. The monoisotopic (exact) mass is 402 g/mol. The van der Waals surface area contributed by atoms with Gasteiger partial charge >= 0.3 is 0 Å². The summed E-state index contributed by atoms with van der Waals surface area (Å²) >= 11 is 1.28. The number of amides is 1. The SMILES string of the molecule is COc1cccc(-c2csc(NC(=O)CCS(=O)(=O)c3ccccc3)n2)c1. The van der Waals surface area contributed by atoms with E-state index in [1.165, 1.54) is 23.5 Å². The van der Waals surface area contributed by atoms with E-state index >= 15 is 0 Å². The van der Waals surface area contributed by atoms with Crippen LogP contribution in [0.1, 0.15) is 6.42 Å². The molecule has 1 heterocycles. The quantitative estimate of drug-likeness (QED) is 0.652. The van der Waals surface area contributed by atoms with Gasteiger partial charge in [-0.05, 0) is 24.3 Å².